The first-order chi connectivity index (χ1) is 13.1. The number of para-hydroxylation sites is 1. The van der Waals surface area contributed by atoms with Gasteiger partial charge in [0.25, 0.3) is 0 Å². The first-order valence-corrected chi connectivity index (χ1v) is 9.18. The van der Waals surface area contributed by atoms with E-state index < -0.39 is 5.97 Å². The van der Waals surface area contributed by atoms with Gasteiger partial charge >= 0.3 is 5.97 Å². The smallest absolute Gasteiger partial charge is 0.313 e. The first kappa shape index (κ1) is 19.1. The van der Waals surface area contributed by atoms with Gasteiger partial charge in [0.1, 0.15) is 5.56 Å². The summed E-state index contributed by atoms with van der Waals surface area (Å²) in [6.45, 7) is 2.04. The van der Waals surface area contributed by atoms with Gasteiger partial charge in [-0.05, 0) is 30.7 Å². The fourth-order valence-corrected chi connectivity index (χ4v) is 3.06. The molecule has 0 saturated carbocycles. The van der Waals surface area contributed by atoms with E-state index in [0.717, 1.165) is 17.8 Å². The fourth-order valence-electron chi connectivity index (χ4n) is 2.60. The predicted octanol–water partition coefficient (Wildman–Crippen LogP) is 5.32. The van der Waals surface area contributed by atoms with Crippen LogP contribution >= 0.6 is 23.2 Å². The average molecular weight is 402 g/mol. The summed E-state index contributed by atoms with van der Waals surface area (Å²) in [7, 11) is 0. The van der Waals surface area contributed by atoms with E-state index in [1.165, 1.54) is 12.4 Å². The van der Waals surface area contributed by atoms with Crippen molar-refractivity contribution in [3.8, 4) is 5.69 Å². The molecule has 0 aliphatic heterocycles. The number of oxime groups is 1. The van der Waals surface area contributed by atoms with Gasteiger partial charge in [0.2, 0.25) is 0 Å². The van der Waals surface area contributed by atoms with Crippen molar-refractivity contribution in [3.05, 3.63) is 81.6 Å². The number of benzene rings is 2. The second-order valence-electron chi connectivity index (χ2n) is 5.78. The molecule has 0 fully saturated rings. The summed E-state index contributed by atoms with van der Waals surface area (Å²) in [4.78, 5) is 17.5. The lowest BCUT2D eigenvalue weighted by atomic mass is 10.1. The Hall–Kier alpha value is -2.63. The molecule has 2 aromatic carbocycles. The number of rotatable bonds is 6. The first-order valence-electron chi connectivity index (χ1n) is 8.42. The molecule has 0 amide bonds. The van der Waals surface area contributed by atoms with Gasteiger partial charge in [0.15, 0.2) is 0 Å². The van der Waals surface area contributed by atoms with E-state index in [1.54, 1.807) is 22.9 Å². The lowest BCUT2D eigenvalue weighted by Gasteiger charge is -2.07. The number of carbonyl (C=O) groups is 1. The van der Waals surface area contributed by atoms with Crippen molar-refractivity contribution >= 4 is 35.4 Å². The highest BCUT2D eigenvalue weighted by atomic mass is 35.5. The van der Waals surface area contributed by atoms with Crippen LogP contribution < -0.4 is 0 Å². The van der Waals surface area contributed by atoms with Gasteiger partial charge in [-0.15, -0.1) is 0 Å². The summed E-state index contributed by atoms with van der Waals surface area (Å²) in [5, 5.41) is 9.04. The summed E-state index contributed by atoms with van der Waals surface area (Å²) >= 11 is 11.9. The van der Waals surface area contributed by atoms with Crippen molar-refractivity contribution < 1.29 is 9.63 Å². The Bertz CT molecular complexity index is 969. The maximum absolute atomic E-state index is 12.5. The van der Waals surface area contributed by atoms with Gasteiger partial charge in [-0.1, -0.05) is 66.0 Å². The highest BCUT2D eigenvalue weighted by Gasteiger charge is 2.19. The van der Waals surface area contributed by atoms with Crippen LogP contribution in [-0.4, -0.2) is 22.0 Å². The fraction of sp³-hybridized carbons (Fsp3) is 0.150. The van der Waals surface area contributed by atoms with Gasteiger partial charge in [0, 0.05) is 10.6 Å². The molecule has 3 aromatic rings. The van der Waals surface area contributed by atoms with Gasteiger partial charge in [0.05, 0.1) is 28.8 Å². The van der Waals surface area contributed by atoms with Crippen LogP contribution in [0.4, 0.5) is 0 Å². The Morgan fingerprint density at radius 1 is 1.22 bits per heavy atom. The highest BCUT2D eigenvalue weighted by molar-refractivity contribution is 6.36. The van der Waals surface area contributed by atoms with E-state index in [9.17, 15) is 4.79 Å². The topological polar surface area (TPSA) is 56.5 Å². The molecule has 138 valence electrons. The molecule has 3 rings (SSSR count). The minimum atomic E-state index is -0.568. The lowest BCUT2D eigenvalue weighted by Crippen LogP contribution is -2.08. The monoisotopic (exact) mass is 401 g/mol. The molecule has 0 bridgehead atoms. The number of hydrogen-bond donors (Lipinski definition) is 0. The molecule has 0 unspecified atom stereocenters. The molecule has 0 aliphatic carbocycles. The molecular weight excluding hydrogens is 385 g/mol. The van der Waals surface area contributed by atoms with Gasteiger partial charge in [-0.2, -0.15) is 5.10 Å². The van der Waals surface area contributed by atoms with Crippen LogP contribution in [0.25, 0.3) is 5.69 Å². The van der Waals surface area contributed by atoms with Crippen molar-refractivity contribution in [1.29, 1.82) is 0 Å². The Balaban J connectivity index is 1.80. The van der Waals surface area contributed by atoms with Crippen LogP contribution in [-0.2, 0) is 11.3 Å². The minimum absolute atomic E-state index is 0.389. The molecule has 0 spiro atoms. The predicted molar refractivity (Wildman–Crippen MR) is 107 cm³/mol. The zero-order valence-electron chi connectivity index (χ0n) is 14.6. The Morgan fingerprint density at radius 3 is 2.70 bits per heavy atom. The second-order valence-corrected chi connectivity index (χ2v) is 6.63. The zero-order valence-corrected chi connectivity index (χ0v) is 16.1. The quantitative estimate of drug-likeness (QED) is 0.319. The van der Waals surface area contributed by atoms with Crippen LogP contribution in [0.5, 0.6) is 0 Å². The minimum Gasteiger partial charge on any atom is -0.313 e. The molecule has 0 radical (unpaired) electrons. The normalized spacial score (nSPS) is 11.1. The van der Waals surface area contributed by atoms with Gasteiger partial charge in [-0.25, -0.2) is 9.48 Å². The van der Waals surface area contributed by atoms with Crippen molar-refractivity contribution in [1.82, 2.24) is 9.78 Å². The molecular formula is C20H17Cl2N3O2. The highest BCUT2D eigenvalue weighted by Crippen LogP contribution is 2.20. The van der Waals surface area contributed by atoms with E-state index in [0.29, 0.717) is 27.6 Å². The van der Waals surface area contributed by atoms with Gasteiger partial charge in [-0.3, -0.25) is 0 Å². The third kappa shape index (κ3) is 4.56. The lowest BCUT2D eigenvalue weighted by molar-refractivity contribution is 0.0518. The largest absolute Gasteiger partial charge is 0.369 e. The van der Waals surface area contributed by atoms with Crippen molar-refractivity contribution in [2.24, 2.45) is 5.16 Å². The number of halogens is 2. The number of nitrogens with zero attached hydrogens (tertiary/aromatic N) is 3. The SMILES string of the molecule is CCCc1c(C(=O)O/N=C/c2ccc(Cl)cc2Cl)cnn1-c1ccccc1. The maximum Gasteiger partial charge on any atom is 0.369 e. The van der Waals surface area contributed by atoms with E-state index in [2.05, 4.69) is 10.3 Å². The van der Waals surface area contributed by atoms with E-state index in [4.69, 9.17) is 28.0 Å². The van der Waals surface area contributed by atoms with Crippen molar-refractivity contribution in [2.45, 2.75) is 19.8 Å². The van der Waals surface area contributed by atoms with Crippen LogP contribution in [0, 0.1) is 0 Å². The Morgan fingerprint density at radius 2 is 2.00 bits per heavy atom. The van der Waals surface area contributed by atoms with E-state index in [-0.39, 0.29) is 0 Å². The molecule has 0 atom stereocenters. The van der Waals surface area contributed by atoms with Crippen LogP contribution in [0.15, 0.2) is 59.9 Å². The molecule has 5 nitrogen and oxygen atoms in total. The van der Waals surface area contributed by atoms with Crippen LogP contribution in [0.1, 0.15) is 35.0 Å². The van der Waals surface area contributed by atoms with E-state index in [1.807, 2.05) is 37.3 Å². The van der Waals surface area contributed by atoms with Crippen LogP contribution in [0.2, 0.25) is 10.0 Å². The van der Waals surface area contributed by atoms with Crippen molar-refractivity contribution in [3.63, 3.8) is 0 Å². The van der Waals surface area contributed by atoms with Crippen LogP contribution in [0.3, 0.4) is 0 Å². The summed E-state index contributed by atoms with van der Waals surface area (Å²) in [5.41, 5.74) is 2.66. The molecule has 0 saturated heterocycles. The van der Waals surface area contributed by atoms with Crippen molar-refractivity contribution in [2.75, 3.05) is 0 Å². The number of aromatic nitrogens is 2. The molecule has 1 heterocycles. The molecule has 0 aliphatic rings. The number of hydrogen-bond acceptors (Lipinski definition) is 4. The average Bonchev–Trinajstić information content (AvgIpc) is 3.08. The Kier molecular flexibility index (Phi) is 6.27. The summed E-state index contributed by atoms with van der Waals surface area (Å²) in [6.07, 6.45) is 4.43. The third-order valence-corrected chi connectivity index (χ3v) is 4.43. The number of carbonyl (C=O) groups excluding carboxylic acids is 1. The zero-order chi connectivity index (χ0) is 19.2. The molecule has 7 heteroatoms. The standard InChI is InChI=1S/C20H17Cl2N3O2/c1-2-6-19-17(13-23-25(19)16-7-4-3-5-8-16)20(26)27-24-12-14-9-10-15(21)11-18(14)22/h3-5,7-13H,2,6H2,1H3/b24-12+. The second kappa shape index (κ2) is 8.84. The maximum atomic E-state index is 12.5. The molecule has 1 aromatic heterocycles. The molecule has 27 heavy (non-hydrogen) atoms. The van der Waals surface area contributed by atoms with E-state index >= 15 is 0 Å². The Labute approximate surface area is 167 Å². The summed E-state index contributed by atoms with van der Waals surface area (Å²) in [5.74, 6) is -0.568. The third-order valence-electron chi connectivity index (χ3n) is 3.87. The van der Waals surface area contributed by atoms with Gasteiger partial charge < -0.3 is 4.84 Å². The molecule has 0 N–H and O–H groups in total. The summed E-state index contributed by atoms with van der Waals surface area (Å²) in [6, 6.07) is 14.6. The summed E-state index contributed by atoms with van der Waals surface area (Å²) < 4.78 is 1.75.